The molecule has 1 aliphatic rings. The smallest absolute Gasteiger partial charge is 0.343 e. The molecule has 38 heavy (non-hydrogen) atoms. The van der Waals surface area contributed by atoms with Gasteiger partial charge in [0.1, 0.15) is 11.4 Å². The number of sulfonamides is 1. The summed E-state index contributed by atoms with van der Waals surface area (Å²) in [6.07, 6.45) is 0.500. The summed E-state index contributed by atoms with van der Waals surface area (Å²) in [7, 11) is -1.16. The quantitative estimate of drug-likeness (QED) is 0.415. The minimum atomic E-state index is -4.25. The van der Waals surface area contributed by atoms with Crippen LogP contribution in [0.15, 0.2) is 71.6 Å². The first-order valence-corrected chi connectivity index (χ1v) is 13.2. The van der Waals surface area contributed by atoms with Crippen LogP contribution in [0.25, 0.3) is 0 Å². The fourth-order valence-electron chi connectivity index (χ4n) is 4.13. The third kappa shape index (κ3) is 5.18. The van der Waals surface area contributed by atoms with Gasteiger partial charge in [0.05, 0.1) is 25.6 Å². The van der Waals surface area contributed by atoms with Crippen LogP contribution >= 0.6 is 0 Å². The Bertz CT molecular complexity index is 1490. The third-order valence-electron chi connectivity index (χ3n) is 6.07. The van der Waals surface area contributed by atoms with Gasteiger partial charge in [-0.05, 0) is 67.4 Å². The summed E-state index contributed by atoms with van der Waals surface area (Å²) in [5.41, 5.74) is 1.47. The summed E-state index contributed by atoms with van der Waals surface area (Å²) in [4.78, 5) is 39.0. The van der Waals surface area contributed by atoms with Crippen molar-refractivity contribution in [3.63, 3.8) is 0 Å². The Morgan fingerprint density at radius 1 is 0.921 bits per heavy atom. The average Bonchev–Trinajstić information content (AvgIpc) is 2.91. The largest absolute Gasteiger partial charge is 0.493 e. The summed E-state index contributed by atoms with van der Waals surface area (Å²) in [6, 6.07) is 16.3. The lowest BCUT2D eigenvalue weighted by molar-refractivity contribution is -0.119. The number of para-hydroxylation sites is 1. The van der Waals surface area contributed by atoms with Crippen molar-refractivity contribution >= 4 is 39.1 Å². The number of rotatable bonds is 9. The highest BCUT2D eigenvalue weighted by Gasteiger charge is 2.43. The Morgan fingerprint density at radius 2 is 1.61 bits per heavy atom. The lowest BCUT2D eigenvalue weighted by atomic mass is 10.1. The average molecular weight is 538 g/mol. The van der Waals surface area contributed by atoms with E-state index in [-0.39, 0.29) is 35.1 Å². The van der Waals surface area contributed by atoms with E-state index < -0.39 is 22.0 Å². The normalized spacial score (nSPS) is 14.0. The second-order valence-electron chi connectivity index (χ2n) is 8.50. The maximum absolute atomic E-state index is 13.5. The molecular formula is C27H27N3O7S. The number of benzene rings is 3. The molecule has 0 aliphatic carbocycles. The molecule has 0 bridgehead atoms. The van der Waals surface area contributed by atoms with Gasteiger partial charge in [0.15, 0.2) is 17.3 Å². The zero-order valence-corrected chi connectivity index (χ0v) is 21.9. The molecule has 1 aliphatic heterocycles. The lowest BCUT2D eigenvalue weighted by Gasteiger charge is -2.35. The number of Topliss-reactive ketones (excluding diaryl/α,β-unsaturated/α-hetero) is 1. The van der Waals surface area contributed by atoms with Crippen molar-refractivity contribution in [1.29, 1.82) is 0 Å². The van der Waals surface area contributed by atoms with Crippen LogP contribution in [0, 0.1) is 0 Å². The lowest BCUT2D eigenvalue weighted by Crippen LogP contribution is -2.53. The number of hydrogen-bond acceptors (Lipinski definition) is 7. The van der Waals surface area contributed by atoms with Crippen molar-refractivity contribution in [2.45, 2.75) is 18.2 Å². The molecule has 4 rings (SSSR count). The van der Waals surface area contributed by atoms with Crippen molar-refractivity contribution in [3.8, 4) is 11.5 Å². The van der Waals surface area contributed by atoms with Crippen molar-refractivity contribution in [2.75, 3.05) is 36.5 Å². The van der Waals surface area contributed by atoms with Gasteiger partial charge in [-0.1, -0.05) is 18.2 Å². The van der Waals surface area contributed by atoms with Gasteiger partial charge in [-0.15, -0.1) is 0 Å². The molecule has 1 N–H and O–H groups in total. The van der Waals surface area contributed by atoms with E-state index in [9.17, 15) is 22.8 Å². The minimum absolute atomic E-state index is 0.0633. The molecule has 3 amide bonds. The molecule has 0 aromatic heterocycles. The molecule has 198 valence electrons. The monoisotopic (exact) mass is 537 g/mol. The predicted octanol–water partition coefficient (Wildman–Crippen LogP) is 3.40. The van der Waals surface area contributed by atoms with E-state index in [2.05, 4.69) is 5.32 Å². The van der Waals surface area contributed by atoms with Gasteiger partial charge in [0.25, 0.3) is 10.0 Å². The van der Waals surface area contributed by atoms with E-state index in [4.69, 9.17) is 9.47 Å². The first kappa shape index (κ1) is 26.7. The first-order chi connectivity index (χ1) is 18.2. The van der Waals surface area contributed by atoms with Crippen molar-refractivity contribution < 1.29 is 32.3 Å². The molecule has 0 atom stereocenters. The van der Waals surface area contributed by atoms with Gasteiger partial charge in [0.2, 0.25) is 5.91 Å². The summed E-state index contributed by atoms with van der Waals surface area (Å²) < 4.78 is 38.0. The summed E-state index contributed by atoms with van der Waals surface area (Å²) in [6.45, 7) is 1.28. The van der Waals surface area contributed by atoms with Crippen LogP contribution in [0.2, 0.25) is 0 Å². The van der Waals surface area contributed by atoms with Crippen LogP contribution in [0.3, 0.4) is 0 Å². The van der Waals surface area contributed by atoms with Gasteiger partial charge in [0, 0.05) is 12.1 Å². The molecule has 0 fully saturated rings. The van der Waals surface area contributed by atoms with Crippen LogP contribution < -0.4 is 24.0 Å². The number of urea groups is 1. The Morgan fingerprint density at radius 3 is 2.26 bits per heavy atom. The Labute approximate surface area is 220 Å². The molecule has 3 aromatic carbocycles. The van der Waals surface area contributed by atoms with Crippen molar-refractivity contribution in [1.82, 2.24) is 5.32 Å². The highest BCUT2D eigenvalue weighted by Crippen LogP contribution is 2.37. The standard InChI is InChI=1S/C27H27N3O7S/c1-18(31)20-9-11-21(12-10-20)30-27(33)29(22-6-4-5-7-25(22)38(30,34)35)17-26(32)28-15-14-19-8-13-23(36-2)24(16-19)37-3/h4-13,16H,14-15,17H2,1-3H3,(H,28,32). The number of anilines is 2. The highest BCUT2D eigenvalue weighted by atomic mass is 32.2. The van der Waals surface area contributed by atoms with Crippen LogP contribution in [0.1, 0.15) is 22.8 Å². The second-order valence-corrected chi connectivity index (χ2v) is 10.3. The zero-order valence-electron chi connectivity index (χ0n) is 21.1. The highest BCUT2D eigenvalue weighted by molar-refractivity contribution is 7.94. The number of methoxy groups -OCH3 is 2. The number of fused-ring (bicyclic) bond motifs is 1. The summed E-state index contributed by atoms with van der Waals surface area (Å²) in [5, 5.41) is 2.78. The van der Waals surface area contributed by atoms with Crippen LogP contribution in [0.5, 0.6) is 11.5 Å². The van der Waals surface area contributed by atoms with E-state index >= 15 is 0 Å². The molecule has 0 spiro atoms. The number of nitrogens with zero attached hydrogens (tertiary/aromatic N) is 2. The predicted molar refractivity (Wildman–Crippen MR) is 142 cm³/mol. The van der Waals surface area contributed by atoms with E-state index in [1.807, 2.05) is 12.1 Å². The van der Waals surface area contributed by atoms with Gasteiger partial charge >= 0.3 is 6.03 Å². The Kier molecular flexibility index (Phi) is 7.67. The summed E-state index contributed by atoms with van der Waals surface area (Å²) >= 11 is 0. The molecule has 0 unspecified atom stereocenters. The van der Waals surface area contributed by atoms with Gasteiger partial charge < -0.3 is 14.8 Å². The molecule has 0 saturated carbocycles. The van der Waals surface area contributed by atoms with Crippen molar-refractivity contribution in [3.05, 3.63) is 77.9 Å². The van der Waals surface area contributed by atoms with Gasteiger partial charge in [-0.2, -0.15) is 4.31 Å². The number of nitrogens with one attached hydrogen (secondary N) is 1. The second kappa shape index (κ2) is 10.9. The number of carbonyl (C=O) groups is 3. The molecule has 1 heterocycles. The van der Waals surface area contributed by atoms with Crippen LogP contribution in [0.4, 0.5) is 16.2 Å². The minimum Gasteiger partial charge on any atom is -0.493 e. The van der Waals surface area contributed by atoms with E-state index in [1.165, 1.54) is 50.4 Å². The number of hydrogen-bond donors (Lipinski definition) is 1. The maximum Gasteiger partial charge on any atom is 0.343 e. The van der Waals surface area contributed by atoms with E-state index in [0.29, 0.717) is 27.8 Å². The molecule has 0 radical (unpaired) electrons. The van der Waals surface area contributed by atoms with E-state index in [1.54, 1.807) is 25.3 Å². The van der Waals surface area contributed by atoms with Crippen molar-refractivity contribution in [2.24, 2.45) is 0 Å². The first-order valence-electron chi connectivity index (χ1n) is 11.7. The van der Waals surface area contributed by atoms with Gasteiger partial charge in [-0.3, -0.25) is 14.5 Å². The Balaban J connectivity index is 1.53. The number of amides is 3. The Hall–Kier alpha value is -4.38. The van der Waals surface area contributed by atoms with E-state index in [0.717, 1.165) is 10.5 Å². The molecular weight excluding hydrogens is 510 g/mol. The fourth-order valence-corrected chi connectivity index (χ4v) is 5.72. The van der Waals surface area contributed by atoms with Crippen LogP contribution in [-0.4, -0.2) is 53.4 Å². The number of ether oxygens (including phenoxy) is 2. The third-order valence-corrected chi connectivity index (χ3v) is 7.82. The topological polar surface area (TPSA) is 122 Å². The number of ketones is 1. The maximum atomic E-state index is 13.5. The zero-order chi connectivity index (χ0) is 27.4. The summed E-state index contributed by atoms with van der Waals surface area (Å²) in [5.74, 6) is 0.517. The molecule has 10 nitrogen and oxygen atoms in total. The number of carbonyl (C=O) groups excluding carboxylic acids is 3. The molecule has 0 saturated heterocycles. The fraction of sp³-hybridized carbons (Fsp3) is 0.222. The van der Waals surface area contributed by atoms with Gasteiger partial charge in [-0.25, -0.2) is 13.2 Å². The molecule has 3 aromatic rings. The van der Waals surface area contributed by atoms with Crippen LogP contribution in [-0.2, 0) is 21.2 Å². The molecule has 11 heteroatoms. The SMILES string of the molecule is COc1ccc(CCNC(=O)CN2C(=O)N(c3ccc(C(C)=O)cc3)S(=O)(=O)c3ccccc32)cc1OC.